The molecule has 0 amide bonds. The third-order valence-electron chi connectivity index (χ3n) is 3.39. The molecule has 1 aromatic rings. The first kappa shape index (κ1) is 12.3. The first-order valence-corrected chi connectivity index (χ1v) is 6.42. The van der Waals surface area contributed by atoms with E-state index in [1.165, 1.54) is 6.42 Å². The van der Waals surface area contributed by atoms with Crippen molar-refractivity contribution in [1.82, 2.24) is 0 Å². The molecule has 0 N–H and O–H groups in total. The summed E-state index contributed by atoms with van der Waals surface area (Å²) in [5.74, 6) is 0.675. The zero-order valence-corrected chi connectivity index (χ0v) is 10.5. The largest absolute Gasteiger partial charge is 0.490 e. The van der Waals surface area contributed by atoms with Crippen LogP contribution in [0, 0.1) is 16.7 Å². The lowest BCUT2D eigenvalue weighted by Gasteiger charge is -2.30. The fourth-order valence-corrected chi connectivity index (χ4v) is 2.48. The van der Waals surface area contributed by atoms with E-state index in [1.54, 1.807) is 6.07 Å². The topological polar surface area (TPSA) is 33.0 Å². The molecule has 0 aromatic heterocycles. The number of halogens is 1. The number of ether oxygens (including phenoxy) is 1. The predicted molar refractivity (Wildman–Crippen MR) is 68.1 cm³/mol. The van der Waals surface area contributed by atoms with Gasteiger partial charge in [-0.05, 0) is 25.0 Å². The Morgan fingerprint density at radius 3 is 2.59 bits per heavy atom. The summed E-state index contributed by atoms with van der Waals surface area (Å²) in [6.07, 6.45) is 5.36. The third kappa shape index (κ3) is 2.92. The molecule has 0 aliphatic heterocycles. The van der Waals surface area contributed by atoms with Crippen molar-refractivity contribution >= 4 is 11.6 Å². The second-order valence-corrected chi connectivity index (χ2v) is 5.08. The number of benzene rings is 1. The number of nitrogens with zero attached hydrogens (tertiary/aromatic N) is 1. The lowest BCUT2D eigenvalue weighted by atomic mass is 9.76. The van der Waals surface area contributed by atoms with Gasteiger partial charge in [-0.25, -0.2) is 0 Å². The average molecular weight is 250 g/mol. The molecule has 1 fully saturated rings. The Hall–Kier alpha value is -1.20. The molecule has 0 radical (unpaired) electrons. The third-order valence-corrected chi connectivity index (χ3v) is 3.70. The molecule has 2 nitrogen and oxygen atoms in total. The van der Waals surface area contributed by atoms with Crippen LogP contribution in [-0.4, -0.2) is 6.61 Å². The molecule has 0 atom stereocenters. The van der Waals surface area contributed by atoms with Gasteiger partial charge in [0.05, 0.1) is 16.5 Å². The fraction of sp³-hybridized carbons (Fsp3) is 0.500. The lowest BCUT2D eigenvalue weighted by Crippen LogP contribution is -2.29. The number of hydrogen-bond acceptors (Lipinski definition) is 2. The van der Waals surface area contributed by atoms with Crippen molar-refractivity contribution in [3.05, 3.63) is 29.3 Å². The van der Waals surface area contributed by atoms with Gasteiger partial charge in [0, 0.05) is 0 Å². The molecule has 90 valence electrons. The lowest BCUT2D eigenvalue weighted by molar-refractivity contribution is 0.150. The molecule has 0 bridgehead atoms. The van der Waals surface area contributed by atoms with E-state index >= 15 is 0 Å². The van der Waals surface area contributed by atoms with Gasteiger partial charge in [0.2, 0.25) is 0 Å². The molecule has 3 heteroatoms. The van der Waals surface area contributed by atoms with Gasteiger partial charge in [0.25, 0.3) is 0 Å². The molecular weight excluding hydrogens is 234 g/mol. The maximum absolute atomic E-state index is 9.33. The predicted octanol–water partition coefficient (Wildman–Crippen LogP) is 4.19. The number of nitriles is 1. The minimum Gasteiger partial charge on any atom is -0.490 e. The number of hydrogen-bond donors (Lipinski definition) is 0. The Kier molecular flexibility index (Phi) is 3.91. The number of para-hydroxylation sites is 1. The van der Waals surface area contributed by atoms with Crippen LogP contribution < -0.4 is 4.74 Å². The van der Waals surface area contributed by atoms with Gasteiger partial charge in [-0.3, -0.25) is 0 Å². The van der Waals surface area contributed by atoms with Gasteiger partial charge in [-0.2, -0.15) is 5.26 Å². The standard InChI is InChI=1S/C14H16ClNO/c15-12-6-2-3-7-13(12)17-11-14(10-16)8-4-1-5-9-14/h2-3,6-7H,1,4-5,8-9,11H2. The van der Waals surface area contributed by atoms with E-state index < -0.39 is 0 Å². The first-order chi connectivity index (χ1) is 8.26. The Morgan fingerprint density at radius 1 is 1.24 bits per heavy atom. The normalized spacial score (nSPS) is 18.4. The Labute approximate surface area is 107 Å². The quantitative estimate of drug-likeness (QED) is 0.805. The second kappa shape index (κ2) is 5.42. The second-order valence-electron chi connectivity index (χ2n) is 4.67. The van der Waals surface area contributed by atoms with Crippen molar-refractivity contribution in [3.8, 4) is 11.8 Å². The highest BCUT2D eigenvalue weighted by Crippen LogP contribution is 2.36. The van der Waals surface area contributed by atoms with Gasteiger partial charge < -0.3 is 4.74 Å². The van der Waals surface area contributed by atoms with Crippen molar-refractivity contribution < 1.29 is 4.74 Å². The maximum Gasteiger partial charge on any atom is 0.137 e. The van der Waals surface area contributed by atoms with E-state index in [1.807, 2.05) is 18.2 Å². The minimum atomic E-state index is -0.308. The van der Waals surface area contributed by atoms with Crippen LogP contribution in [-0.2, 0) is 0 Å². The monoisotopic (exact) mass is 249 g/mol. The van der Waals surface area contributed by atoms with Gasteiger partial charge in [-0.1, -0.05) is 43.0 Å². The van der Waals surface area contributed by atoms with Gasteiger partial charge in [-0.15, -0.1) is 0 Å². The van der Waals surface area contributed by atoms with E-state index in [0.717, 1.165) is 25.7 Å². The average Bonchev–Trinajstić information content (AvgIpc) is 2.39. The molecule has 0 unspecified atom stereocenters. The highest BCUT2D eigenvalue weighted by atomic mass is 35.5. The van der Waals surface area contributed by atoms with E-state index in [-0.39, 0.29) is 5.41 Å². The summed E-state index contributed by atoms with van der Waals surface area (Å²) < 4.78 is 5.72. The summed E-state index contributed by atoms with van der Waals surface area (Å²) in [4.78, 5) is 0. The van der Waals surface area contributed by atoms with Crippen LogP contribution in [0.2, 0.25) is 5.02 Å². The summed E-state index contributed by atoms with van der Waals surface area (Å²) in [7, 11) is 0. The molecule has 1 aliphatic carbocycles. The smallest absolute Gasteiger partial charge is 0.137 e. The van der Waals surface area contributed by atoms with Crippen LogP contribution in [0.25, 0.3) is 0 Å². The molecule has 1 saturated carbocycles. The van der Waals surface area contributed by atoms with E-state index in [0.29, 0.717) is 17.4 Å². The molecule has 0 heterocycles. The Bertz CT molecular complexity index is 418. The van der Waals surface area contributed by atoms with E-state index in [4.69, 9.17) is 16.3 Å². The summed E-state index contributed by atoms with van der Waals surface area (Å²) in [5.41, 5.74) is -0.308. The Morgan fingerprint density at radius 2 is 1.94 bits per heavy atom. The SMILES string of the molecule is N#CC1(COc2ccccc2Cl)CCCCC1. The molecule has 17 heavy (non-hydrogen) atoms. The van der Waals surface area contributed by atoms with Gasteiger partial charge >= 0.3 is 0 Å². The van der Waals surface area contributed by atoms with Crippen molar-refractivity contribution in [2.75, 3.05) is 6.61 Å². The van der Waals surface area contributed by atoms with Crippen LogP contribution in [0.15, 0.2) is 24.3 Å². The molecule has 1 aromatic carbocycles. The summed E-state index contributed by atoms with van der Waals surface area (Å²) in [5, 5.41) is 9.93. The maximum atomic E-state index is 9.33. The van der Waals surface area contributed by atoms with Crippen molar-refractivity contribution in [3.63, 3.8) is 0 Å². The molecular formula is C14H16ClNO. The van der Waals surface area contributed by atoms with Crippen LogP contribution >= 0.6 is 11.6 Å². The van der Waals surface area contributed by atoms with E-state index in [9.17, 15) is 5.26 Å². The molecule has 1 aliphatic rings. The van der Waals surface area contributed by atoms with Crippen molar-refractivity contribution in [2.24, 2.45) is 5.41 Å². The number of rotatable bonds is 3. The summed E-state index contributed by atoms with van der Waals surface area (Å²) in [6, 6.07) is 9.85. The van der Waals surface area contributed by atoms with Gasteiger partial charge in [0.1, 0.15) is 12.4 Å². The summed E-state index contributed by atoms with van der Waals surface area (Å²) in [6.45, 7) is 0.452. The van der Waals surface area contributed by atoms with Crippen LogP contribution in [0.5, 0.6) is 5.75 Å². The van der Waals surface area contributed by atoms with Gasteiger partial charge in [0.15, 0.2) is 0 Å². The first-order valence-electron chi connectivity index (χ1n) is 6.04. The zero-order valence-electron chi connectivity index (χ0n) is 9.79. The van der Waals surface area contributed by atoms with E-state index in [2.05, 4.69) is 6.07 Å². The van der Waals surface area contributed by atoms with Crippen molar-refractivity contribution in [1.29, 1.82) is 5.26 Å². The van der Waals surface area contributed by atoms with Crippen LogP contribution in [0.3, 0.4) is 0 Å². The highest BCUT2D eigenvalue weighted by molar-refractivity contribution is 6.32. The van der Waals surface area contributed by atoms with Crippen LogP contribution in [0.4, 0.5) is 0 Å². The Balaban J connectivity index is 2.01. The molecule has 0 spiro atoms. The fourth-order valence-electron chi connectivity index (χ4n) is 2.29. The zero-order chi connectivity index (χ0) is 12.1. The summed E-state index contributed by atoms with van der Waals surface area (Å²) >= 11 is 6.02. The molecule has 0 saturated heterocycles. The molecule has 2 rings (SSSR count). The van der Waals surface area contributed by atoms with Crippen LogP contribution in [0.1, 0.15) is 32.1 Å². The van der Waals surface area contributed by atoms with Crippen molar-refractivity contribution in [2.45, 2.75) is 32.1 Å². The minimum absolute atomic E-state index is 0.308. The highest BCUT2D eigenvalue weighted by Gasteiger charge is 2.33.